The molecule has 2 amide bonds. The molecule has 1 aliphatic carbocycles. The maximum atomic E-state index is 12.2. The second-order valence-corrected chi connectivity index (χ2v) is 7.90. The molecule has 0 saturated heterocycles. The van der Waals surface area contributed by atoms with Crippen molar-refractivity contribution in [3.8, 4) is 11.4 Å². The molecule has 1 aliphatic rings. The minimum atomic E-state index is -0.772. The van der Waals surface area contributed by atoms with Gasteiger partial charge >= 0.3 is 12.0 Å². The summed E-state index contributed by atoms with van der Waals surface area (Å²) < 4.78 is 5.41. The third-order valence-electron chi connectivity index (χ3n) is 5.34. The number of hydrogen-bond donors (Lipinski definition) is 3. The number of halogens is 1. The van der Waals surface area contributed by atoms with Crippen LogP contribution in [0.5, 0.6) is 0 Å². The van der Waals surface area contributed by atoms with Crippen LogP contribution in [0.25, 0.3) is 11.4 Å². The first-order valence-corrected chi connectivity index (χ1v) is 10.4. The van der Waals surface area contributed by atoms with Crippen molar-refractivity contribution in [1.29, 1.82) is 0 Å². The average Bonchev–Trinajstić information content (AvgIpc) is 3.26. The van der Waals surface area contributed by atoms with Crippen molar-refractivity contribution < 1.29 is 19.2 Å². The Labute approximate surface area is 183 Å². The molecule has 2 atom stereocenters. The van der Waals surface area contributed by atoms with E-state index in [9.17, 15) is 14.7 Å². The predicted molar refractivity (Wildman–Crippen MR) is 116 cm³/mol. The Morgan fingerprint density at radius 3 is 2.58 bits per heavy atom. The Balaban J connectivity index is 1.39. The zero-order valence-electron chi connectivity index (χ0n) is 16.5. The summed E-state index contributed by atoms with van der Waals surface area (Å²) in [5.74, 6) is -0.269. The van der Waals surface area contributed by atoms with Gasteiger partial charge in [-0.25, -0.2) is 4.79 Å². The van der Waals surface area contributed by atoms with Crippen LogP contribution in [0.2, 0.25) is 5.02 Å². The van der Waals surface area contributed by atoms with Gasteiger partial charge < -0.3 is 20.3 Å². The number of carbonyl (C=O) groups is 2. The number of carboxylic acid groups (broad SMARTS) is 1. The molecule has 1 saturated carbocycles. The number of aliphatic carboxylic acids is 1. The maximum Gasteiger partial charge on any atom is 0.323 e. The Kier molecular flexibility index (Phi) is 6.18. The van der Waals surface area contributed by atoms with Crippen LogP contribution < -0.4 is 10.6 Å². The quantitative estimate of drug-likeness (QED) is 0.489. The SMILES string of the molecule is O=C(Nc1ccc(-c2noc(C3CCCC(C(=O)O)C3)n2)cc1)Nc1ccccc1Cl. The molecule has 3 aromatic rings. The number of nitrogens with one attached hydrogen (secondary N) is 2. The highest BCUT2D eigenvalue weighted by molar-refractivity contribution is 6.33. The van der Waals surface area contributed by atoms with E-state index in [1.54, 1.807) is 48.5 Å². The maximum absolute atomic E-state index is 12.2. The molecule has 160 valence electrons. The van der Waals surface area contributed by atoms with E-state index in [1.165, 1.54) is 0 Å². The number of amides is 2. The van der Waals surface area contributed by atoms with E-state index in [-0.39, 0.29) is 11.8 Å². The van der Waals surface area contributed by atoms with Gasteiger partial charge in [-0.1, -0.05) is 35.3 Å². The van der Waals surface area contributed by atoms with Crippen LogP contribution in [-0.4, -0.2) is 27.2 Å². The number of hydrogen-bond acceptors (Lipinski definition) is 5. The van der Waals surface area contributed by atoms with E-state index in [2.05, 4.69) is 20.8 Å². The van der Waals surface area contributed by atoms with Gasteiger partial charge in [-0.05, 0) is 55.7 Å². The number of benzene rings is 2. The van der Waals surface area contributed by atoms with Crippen LogP contribution in [0.1, 0.15) is 37.5 Å². The van der Waals surface area contributed by atoms with Crippen molar-refractivity contribution in [1.82, 2.24) is 10.1 Å². The molecule has 4 rings (SSSR count). The summed E-state index contributed by atoms with van der Waals surface area (Å²) in [4.78, 5) is 27.9. The molecule has 0 spiro atoms. The third-order valence-corrected chi connectivity index (χ3v) is 5.67. The van der Waals surface area contributed by atoms with Gasteiger partial charge in [0.15, 0.2) is 0 Å². The molecular weight excluding hydrogens is 420 g/mol. The summed E-state index contributed by atoms with van der Waals surface area (Å²) in [7, 11) is 0. The number of nitrogens with zero attached hydrogens (tertiary/aromatic N) is 2. The highest BCUT2D eigenvalue weighted by atomic mass is 35.5. The van der Waals surface area contributed by atoms with Gasteiger partial charge in [-0.3, -0.25) is 4.79 Å². The molecule has 1 fully saturated rings. The van der Waals surface area contributed by atoms with Crippen molar-refractivity contribution in [2.24, 2.45) is 5.92 Å². The predicted octanol–water partition coefficient (Wildman–Crippen LogP) is 5.39. The molecule has 9 heteroatoms. The number of rotatable bonds is 5. The van der Waals surface area contributed by atoms with Crippen LogP contribution in [0, 0.1) is 5.92 Å². The second kappa shape index (κ2) is 9.18. The molecule has 0 radical (unpaired) electrons. The van der Waals surface area contributed by atoms with Crippen LogP contribution in [0.3, 0.4) is 0 Å². The number of carbonyl (C=O) groups excluding carboxylic acids is 1. The zero-order valence-corrected chi connectivity index (χ0v) is 17.3. The van der Waals surface area contributed by atoms with Crippen molar-refractivity contribution in [3.05, 3.63) is 59.4 Å². The molecule has 1 aromatic heterocycles. The normalized spacial score (nSPS) is 18.4. The van der Waals surface area contributed by atoms with Crippen LogP contribution >= 0.6 is 11.6 Å². The first-order valence-electron chi connectivity index (χ1n) is 9.99. The van der Waals surface area contributed by atoms with Gasteiger partial charge in [0, 0.05) is 17.2 Å². The summed E-state index contributed by atoms with van der Waals surface area (Å²) in [5.41, 5.74) is 1.84. The van der Waals surface area contributed by atoms with Crippen LogP contribution in [-0.2, 0) is 4.79 Å². The lowest BCUT2D eigenvalue weighted by molar-refractivity contribution is -0.143. The van der Waals surface area contributed by atoms with E-state index in [0.29, 0.717) is 41.0 Å². The van der Waals surface area contributed by atoms with Crippen molar-refractivity contribution in [3.63, 3.8) is 0 Å². The highest BCUT2D eigenvalue weighted by Gasteiger charge is 2.31. The minimum absolute atomic E-state index is 0.0365. The summed E-state index contributed by atoms with van der Waals surface area (Å²) in [6.07, 6.45) is 2.87. The Morgan fingerprint density at radius 1 is 1.06 bits per heavy atom. The third kappa shape index (κ3) is 5.03. The fourth-order valence-corrected chi connectivity index (χ4v) is 3.89. The van der Waals surface area contributed by atoms with Crippen LogP contribution in [0.4, 0.5) is 16.2 Å². The molecule has 0 bridgehead atoms. The van der Waals surface area contributed by atoms with Gasteiger partial charge in [-0.15, -0.1) is 0 Å². The molecule has 2 aromatic carbocycles. The first-order chi connectivity index (χ1) is 15.0. The molecule has 2 unspecified atom stereocenters. The molecule has 8 nitrogen and oxygen atoms in total. The molecular formula is C22H21ClN4O4. The Morgan fingerprint density at radius 2 is 1.84 bits per heavy atom. The number of anilines is 2. The topological polar surface area (TPSA) is 117 Å². The first kappa shape index (κ1) is 20.9. The fourth-order valence-electron chi connectivity index (χ4n) is 3.71. The van der Waals surface area contributed by atoms with Crippen molar-refractivity contribution in [2.45, 2.75) is 31.6 Å². The van der Waals surface area contributed by atoms with E-state index in [1.807, 2.05) is 0 Å². The summed E-state index contributed by atoms with van der Waals surface area (Å²) >= 11 is 6.05. The van der Waals surface area contributed by atoms with Gasteiger partial charge in [0.1, 0.15) is 0 Å². The highest BCUT2D eigenvalue weighted by Crippen LogP contribution is 2.36. The monoisotopic (exact) mass is 440 g/mol. The zero-order chi connectivity index (χ0) is 21.8. The minimum Gasteiger partial charge on any atom is -0.481 e. The van der Waals surface area contributed by atoms with Gasteiger partial charge in [-0.2, -0.15) is 4.98 Å². The molecule has 31 heavy (non-hydrogen) atoms. The largest absolute Gasteiger partial charge is 0.481 e. The van der Waals surface area contributed by atoms with E-state index in [4.69, 9.17) is 16.1 Å². The summed E-state index contributed by atoms with van der Waals surface area (Å²) in [6, 6.07) is 13.6. The second-order valence-electron chi connectivity index (χ2n) is 7.49. The van der Waals surface area contributed by atoms with Gasteiger partial charge in [0.25, 0.3) is 0 Å². The summed E-state index contributed by atoms with van der Waals surface area (Å²) in [6.45, 7) is 0. The number of para-hydroxylation sites is 1. The van der Waals surface area contributed by atoms with E-state index >= 15 is 0 Å². The number of aromatic nitrogens is 2. The van der Waals surface area contributed by atoms with E-state index in [0.717, 1.165) is 18.4 Å². The number of carboxylic acids is 1. The van der Waals surface area contributed by atoms with Crippen molar-refractivity contribution >= 4 is 35.0 Å². The summed E-state index contributed by atoms with van der Waals surface area (Å²) in [5, 5.41) is 19.2. The van der Waals surface area contributed by atoms with Gasteiger partial charge in [0.05, 0.1) is 16.6 Å². The standard InChI is InChI=1S/C22H21ClN4O4/c23-17-6-1-2-7-18(17)25-22(30)24-16-10-8-13(9-11-16)19-26-20(31-27-19)14-4-3-5-15(12-14)21(28)29/h1-2,6-11,14-15H,3-5,12H2,(H,28,29)(H2,24,25,30). The van der Waals surface area contributed by atoms with E-state index < -0.39 is 12.0 Å². The fraction of sp³-hybridized carbons (Fsp3) is 0.273. The van der Waals surface area contributed by atoms with Gasteiger partial charge in [0.2, 0.25) is 11.7 Å². The Bertz CT molecular complexity index is 1080. The molecule has 1 heterocycles. The van der Waals surface area contributed by atoms with Crippen LogP contribution in [0.15, 0.2) is 53.1 Å². The number of urea groups is 1. The average molecular weight is 441 g/mol. The Hall–Kier alpha value is -3.39. The lowest BCUT2D eigenvalue weighted by atomic mass is 9.81. The molecule has 3 N–H and O–H groups in total. The smallest absolute Gasteiger partial charge is 0.323 e. The molecule has 0 aliphatic heterocycles. The lowest BCUT2D eigenvalue weighted by Crippen LogP contribution is -2.21. The van der Waals surface area contributed by atoms with Crippen molar-refractivity contribution in [2.75, 3.05) is 10.6 Å². The lowest BCUT2D eigenvalue weighted by Gasteiger charge is -2.23.